The topological polar surface area (TPSA) is 52.3 Å². The molecule has 0 amide bonds. The Morgan fingerprint density at radius 1 is 1.31 bits per heavy atom. The van der Waals surface area contributed by atoms with Gasteiger partial charge in [0.15, 0.2) is 0 Å². The molecule has 3 nitrogen and oxygen atoms in total. The lowest BCUT2D eigenvalue weighted by Gasteiger charge is -2.21. The minimum absolute atomic E-state index is 0.116. The fraction of sp³-hybridized carbons (Fsp3) is 0.923. The second kappa shape index (κ2) is 6.89. The molecule has 0 spiro atoms. The summed E-state index contributed by atoms with van der Waals surface area (Å²) in [5.74, 6) is -0.000437. The highest BCUT2D eigenvalue weighted by atomic mass is 16.5. The second-order valence-electron chi connectivity index (χ2n) is 4.96. The molecule has 0 bridgehead atoms. The molecule has 0 heterocycles. The van der Waals surface area contributed by atoms with Crippen LogP contribution in [0.25, 0.3) is 0 Å². The molecule has 1 fully saturated rings. The summed E-state index contributed by atoms with van der Waals surface area (Å²) >= 11 is 0. The maximum atomic E-state index is 11.8. The standard InChI is InChI=1S/C13H25NO2/c1-3-10(2)12(14)13(15)16-11-8-6-4-5-7-9-11/h10-12H,3-9,14H2,1-2H3/t10?,12-/m0/s1. The molecule has 0 saturated heterocycles. The van der Waals surface area contributed by atoms with Crippen molar-refractivity contribution in [1.29, 1.82) is 0 Å². The van der Waals surface area contributed by atoms with Crippen LogP contribution in [-0.4, -0.2) is 18.1 Å². The molecule has 0 aromatic carbocycles. The Kier molecular flexibility index (Phi) is 5.81. The van der Waals surface area contributed by atoms with E-state index in [1.54, 1.807) is 0 Å². The van der Waals surface area contributed by atoms with Crippen LogP contribution in [0.5, 0.6) is 0 Å². The zero-order valence-electron chi connectivity index (χ0n) is 10.6. The van der Waals surface area contributed by atoms with Gasteiger partial charge in [0.05, 0.1) is 0 Å². The Hall–Kier alpha value is -0.570. The van der Waals surface area contributed by atoms with E-state index >= 15 is 0 Å². The van der Waals surface area contributed by atoms with Crippen molar-refractivity contribution >= 4 is 5.97 Å². The van der Waals surface area contributed by atoms with E-state index in [4.69, 9.17) is 10.5 Å². The second-order valence-corrected chi connectivity index (χ2v) is 4.96. The fourth-order valence-corrected chi connectivity index (χ4v) is 2.09. The summed E-state index contributed by atoms with van der Waals surface area (Å²) in [6.45, 7) is 4.04. The van der Waals surface area contributed by atoms with Gasteiger partial charge in [-0.1, -0.05) is 33.1 Å². The van der Waals surface area contributed by atoms with E-state index in [1.807, 2.05) is 13.8 Å². The molecule has 0 aromatic heterocycles. The molecular weight excluding hydrogens is 202 g/mol. The monoisotopic (exact) mass is 227 g/mol. The summed E-state index contributed by atoms with van der Waals surface area (Å²) in [4.78, 5) is 11.8. The van der Waals surface area contributed by atoms with Crippen molar-refractivity contribution in [2.75, 3.05) is 0 Å². The molecule has 1 rings (SSSR count). The number of rotatable bonds is 4. The van der Waals surface area contributed by atoms with Crippen LogP contribution in [0.2, 0.25) is 0 Å². The average molecular weight is 227 g/mol. The first-order chi connectivity index (χ1) is 7.65. The summed E-state index contributed by atoms with van der Waals surface area (Å²) < 4.78 is 5.49. The molecular formula is C13H25NO2. The number of hydrogen-bond donors (Lipinski definition) is 1. The highest BCUT2D eigenvalue weighted by Gasteiger charge is 2.24. The average Bonchev–Trinajstić information content (AvgIpc) is 2.55. The first kappa shape index (κ1) is 13.5. The molecule has 0 radical (unpaired) electrons. The van der Waals surface area contributed by atoms with Gasteiger partial charge in [-0.25, -0.2) is 0 Å². The van der Waals surface area contributed by atoms with Crippen molar-refractivity contribution < 1.29 is 9.53 Å². The van der Waals surface area contributed by atoms with Gasteiger partial charge in [0, 0.05) is 0 Å². The van der Waals surface area contributed by atoms with E-state index in [1.165, 1.54) is 25.7 Å². The van der Waals surface area contributed by atoms with Crippen LogP contribution >= 0.6 is 0 Å². The first-order valence-corrected chi connectivity index (χ1v) is 6.61. The molecule has 1 saturated carbocycles. The largest absolute Gasteiger partial charge is 0.461 e. The van der Waals surface area contributed by atoms with Crippen molar-refractivity contribution in [2.45, 2.75) is 70.9 Å². The molecule has 16 heavy (non-hydrogen) atoms. The van der Waals surface area contributed by atoms with Crippen LogP contribution < -0.4 is 5.73 Å². The highest BCUT2D eigenvalue weighted by molar-refractivity contribution is 5.76. The van der Waals surface area contributed by atoms with Gasteiger partial charge in [-0.2, -0.15) is 0 Å². The summed E-state index contributed by atoms with van der Waals surface area (Å²) in [7, 11) is 0. The third-order valence-electron chi connectivity index (χ3n) is 3.61. The van der Waals surface area contributed by atoms with Gasteiger partial charge in [0.2, 0.25) is 0 Å². The lowest BCUT2D eigenvalue weighted by atomic mass is 10.0. The fourth-order valence-electron chi connectivity index (χ4n) is 2.09. The van der Waals surface area contributed by atoms with Crippen LogP contribution in [0.15, 0.2) is 0 Å². The van der Waals surface area contributed by atoms with Crippen molar-refractivity contribution in [3.63, 3.8) is 0 Å². The van der Waals surface area contributed by atoms with E-state index in [0.717, 1.165) is 19.3 Å². The van der Waals surface area contributed by atoms with Crippen molar-refractivity contribution in [1.82, 2.24) is 0 Å². The predicted octanol–water partition coefficient (Wildman–Crippen LogP) is 2.63. The summed E-state index contributed by atoms with van der Waals surface area (Å²) in [5.41, 5.74) is 5.85. The number of esters is 1. The molecule has 2 N–H and O–H groups in total. The minimum Gasteiger partial charge on any atom is -0.461 e. The van der Waals surface area contributed by atoms with Crippen molar-refractivity contribution in [3.05, 3.63) is 0 Å². The molecule has 1 unspecified atom stereocenters. The van der Waals surface area contributed by atoms with Crippen molar-refractivity contribution in [2.24, 2.45) is 11.7 Å². The number of ether oxygens (including phenoxy) is 1. The number of carbonyl (C=O) groups is 1. The van der Waals surface area contributed by atoms with Crippen molar-refractivity contribution in [3.8, 4) is 0 Å². The van der Waals surface area contributed by atoms with E-state index in [0.29, 0.717) is 0 Å². The molecule has 0 aromatic rings. The van der Waals surface area contributed by atoms with Gasteiger partial charge in [-0.3, -0.25) is 4.79 Å². The predicted molar refractivity (Wildman–Crippen MR) is 65.0 cm³/mol. The number of hydrogen-bond acceptors (Lipinski definition) is 3. The van der Waals surface area contributed by atoms with Gasteiger partial charge in [-0.05, 0) is 31.6 Å². The normalized spacial score (nSPS) is 22.2. The van der Waals surface area contributed by atoms with Gasteiger partial charge in [0.25, 0.3) is 0 Å². The molecule has 94 valence electrons. The Balaban J connectivity index is 2.37. The third kappa shape index (κ3) is 4.12. The zero-order chi connectivity index (χ0) is 12.0. The molecule has 1 aliphatic rings. The van der Waals surface area contributed by atoms with Crippen LogP contribution in [0.1, 0.15) is 58.8 Å². The molecule has 1 aliphatic carbocycles. The maximum absolute atomic E-state index is 11.8. The van der Waals surface area contributed by atoms with Crippen LogP contribution in [-0.2, 0) is 9.53 Å². The quantitative estimate of drug-likeness (QED) is 0.593. The Morgan fingerprint density at radius 2 is 1.88 bits per heavy atom. The Labute approximate surface area is 98.7 Å². The van der Waals surface area contributed by atoms with Gasteiger partial charge >= 0.3 is 5.97 Å². The van der Waals surface area contributed by atoms with Crippen LogP contribution in [0.4, 0.5) is 0 Å². The Bertz CT molecular complexity index is 210. The molecule has 0 aliphatic heterocycles. The van der Waals surface area contributed by atoms with Crippen LogP contribution in [0.3, 0.4) is 0 Å². The molecule has 3 heteroatoms. The van der Waals surface area contributed by atoms with Crippen LogP contribution in [0, 0.1) is 5.92 Å². The lowest BCUT2D eigenvalue weighted by molar-refractivity contribution is -0.152. The Morgan fingerprint density at radius 3 is 2.38 bits per heavy atom. The van der Waals surface area contributed by atoms with E-state index < -0.39 is 6.04 Å². The SMILES string of the molecule is CCC(C)[C@H](N)C(=O)OC1CCCCCC1. The summed E-state index contributed by atoms with van der Waals surface area (Å²) in [5, 5.41) is 0. The van der Waals surface area contributed by atoms with E-state index in [-0.39, 0.29) is 18.0 Å². The van der Waals surface area contributed by atoms with E-state index in [9.17, 15) is 4.79 Å². The van der Waals surface area contributed by atoms with Gasteiger partial charge < -0.3 is 10.5 Å². The maximum Gasteiger partial charge on any atom is 0.323 e. The first-order valence-electron chi connectivity index (χ1n) is 6.61. The van der Waals surface area contributed by atoms with Gasteiger partial charge in [-0.15, -0.1) is 0 Å². The summed E-state index contributed by atoms with van der Waals surface area (Å²) in [6.07, 6.45) is 7.95. The third-order valence-corrected chi connectivity index (χ3v) is 3.61. The number of carbonyl (C=O) groups excluding carboxylic acids is 1. The van der Waals surface area contributed by atoms with Gasteiger partial charge in [0.1, 0.15) is 12.1 Å². The lowest BCUT2D eigenvalue weighted by Crippen LogP contribution is -2.39. The smallest absolute Gasteiger partial charge is 0.323 e. The minimum atomic E-state index is -0.451. The zero-order valence-corrected chi connectivity index (χ0v) is 10.6. The number of nitrogens with two attached hydrogens (primary N) is 1. The van der Waals surface area contributed by atoms with E-state index in [2.05, 4.69) is 0 Å². The molecule has 2 atom stereocenters. The highest BCUT2D eigenvalue weighted by Crippen LogP contribution is 2.20. The summed E-state index contributed by atoms with van der Waals surface area (Å²) in [6, 6.07) is -0.451.